The molecule has 0 unspecified atom stereocenters. The monoisotopic (exact) mass is 359 g/mol. The van der Waals surface area contributed by atoms with Crippen molar-refractivity contribution < 1.29 is 14.3 Å². The Morgan fingerprint density at radius 2 is 1.88 bits per heavy atom. The van der Waals surface area contributed by atoms with E-state index in [1.54, 1.807) is 42.0 Å². The van der Waals surface area contributed by atoms with Crippen LogP contribution in [0, 0.1) is 0 Å². The quantitative estimate of drug-likeness (QED) is 0.867. The number of urea groups is 1. The van der Waals surface area contributed by atoms with E-state index < -0.39 is 0 Å². The van der Waals surface area contributed by atoms with Gasteiger partial charge in [0.2, 0.25) is 5.91 Å². The summed E-state index contributed by atoms with van der Waals surface area (Å²) in [6, 6.07) is 5.04. The molecule has 0 saturated carbocycles. The van der Waals surface area contributed by atoms with Gasteiger partial charge in [-0.2, -0.15) is 0 Å². The molecule has 1 saturated heterocycles. The Morgan fingerprint density at radius 3 is 2.58 bits per heavy atom. The van der Waals surface area contributed by atoms with Crippen molar-refractivity contribution in [1.29, 1.82) is 0 Å². The third kappa shape index (κ3) is 4.08. The van der Waals surface area contributed by atoms with Gasteiger partial charge in [0.25, 0.3) is 0 Å². The molecular weight excluding hydrogens is 338 g/mol. The molecule has 1 aliphatic rings. The zero-order chi connectivity index (χ0) is 18.5. The summed E-state index contributed by atoms with van der Waals surface area (Å²) in [6.07, 6.45) is 2.21. The first kappa shape index (κ1) is 17.6. The predicted molar refractivity (Wildman–Crippen MR) is 93.2 cm³/mol. The molecule has 1 aromatic carbocycles. The van der Waals surface area contributed by atoms with E-state index in [4.69, 9.17) is 4.74 Å². The zero-order valence-electron chi connectivity index (χ0n) is 14.8. The van der Waals surface area contributed by atoms with E-state index in [0.717, 1.165) is 6.42 Å². The van der Waals surface area contributed by atoms with Crippen LogP contribution in [0.3, 0.4) is 0 Å². The van der Waals surface area contributed by atoms with Crippen molar-refractivity contribution in [2.24, 2.45) is 0 Å². The van der Waals surface area contributed by atoms with E-state index >= 15 is 0 Å². The van der Waals surface area contributed by atoms with Gasteiger partial charge in [-0.3, -0.25) is 4.79 Å². The molecule has 0 spiro atoms. The minimum absolute atomic E-state index is 0.0335. The molecule has 1 fully saturated rings. The van der Waals surface area contributed by atoms with Crippen molar-refractivity contribution in [2.75, 3.05) is 38.6 Å². The van der Waals surface area contributed by atoms with Crippen molar-refractivity contribution >= 4 is 17.6 Å². The predicted octanol–water partition coefficient (Wildman–Crippen LogP) is 0.757. The Kier molecular flexibility index (Phi) is 5.30. The average Bonchev–Trinajstić information content (AvgIpc) is 3.05. The third-order valence-electron chi connectivity index (χ3n) is 4.22. The van der Waals surface area contributed by atoms with Gasteiger partial charge in [-0.25, -0.2) is 9.48 Å². The highest BCUT2D eigenvalue weighted by atomic mass is 16.5. The van der Waals surface area contributed by atoms with Crippen LogP contribution >= 0.6 is 0 Å². The number of nitrogens with one attached hydrogen (secondary N) is 1. The minimum atomic E-state index is -0.216. The van der Waals surface area contributed by atoms with Gasteiger partial charge in [0.05, 0.1) is 12.8 Å². The number of rotatable bonds is 3. The van der Waals surface area contributed by atoms with Gasteiger partial charge in [-0.1, -0.05) is 0 Å². The SMILES string of the molecule is COc1cc(NC(=O)N2CCCN(C(C)=O)CC2)cc(-n2cnnn2)c1. The number of amides is 3. The van der Waals surface area contributed by atoms with E-state index in [0.29, 0.717) is 43.3 Å². The van der Waals surface area contributed by atoms with Crippen molar-refractivity contribution in [1.82, 2.24) is 30.0 Å². The number of nitrogens with zero attached hydrogens (tertiary/aromatic N) is 6. The van der Waals surface area contributed by atoms with E-state index in [-0.39, 0.29) is 11.9 Å². The van der Waals surface area contributed by atoms with Crippen molar-refractivity contribution in [3.8, 4) is 11.4 Å². The van der Waals surface area contributed by atoms with Crippen LogP contribution in [-0.4, -0.2) is 75.2 Å². The van der Waals surface area contributed by atoms with Crippen LogP contribution in [0.15, 0.2) is 24.5 Å². The van der Waals surface area contributed by atoms with Gasteiger partial charge >= 0.3 is 6.03 Å². The standard InChI is InChI=1S/C16H21N7O3/c1-12(24)21-4-3-5-22(7-6-21)16(25)18-13-8-14(10-15(9-13)26-2)23-11-17-19-20-23/h8-11H,3-7H2,1-2H3,(H,18,25). The molecule has 3 amide bonds. The molecule has 138 valence electrons. The summed E-state index contributed by atoms with van der Waals surface area (Å²) in [6.45, 7) is 3.85. The van der Waals surface area contributed by atoms with Crippen molar-refractivity contribution in [2.45, 2.75) is 13.3 Å². The van der Waals surface area contributed by atoms with Gasteiger partial charge < -0.3 is 19.9 Å². The molecule has 2 aromatic rings. The lowest BCUT2D eigenvalue weighted by atomic mass is 10.2. The fourth-order valence-electron chi connectivity index (χ4n) is 2.82. The van der Waals surface area contributed by atoms with E-state index in [1.165, 1.54) is 11.0 Å². The lowest BCUT2D eigenvalue weighted by Crippen LogP contribution is -2.38. The Morgan fingerprint density at radius 1 is 1.12 bits per heavy atom. The Bertz CT molecular complexity index is 778. The van der Waals surface area contributed by atoms with Gasteiger partial charge in [0.15, 0.2) is 0 Å². The highest BCUT2D eigenvalue weighted by Gasteiger charge is 2.20. The highest BCUT2D eigenvalue weighted by Crippen LogP contribution is 2.23. The molecule has 0 aliphatic carbocycles. The van der Waals surface area contributed by atoms with Gasteiger partial charge in [0.1, 0.15) is 12.1 Å². The van der Waals surface area contributed by atoms with Crippen LogP contribution < -0.4 is 10.1 Å². The fourth-order valence-corrected chi connectivity index (χ4v) is 2.82. The molecule has 1 N–H and O–H groups in total. The largest absolute Gasteiger partial charge is 0.497 e. The smallest absolute Gasteiger partial charge is 0.321 e. The summed E-state index contributed by atoms with van der Waals surface area (Å²) >= 11 is 0. The van der Waals surface area contributed by atoms with Gasteiger partial charge in [-0.05, 0) is 22.9 Å². The van der Waals surface area contributed by atoms with Crippen molar-refractivity contribution in [3.05, 3.63) is 24.5 Å². The molecular formula is C16H21N7O3. The second kappa shape index (κ2) is 7.81. The Balaban J connectivity index is 1.72. The lowest BCUT2D eigenvalue weighted by molar-refractivity contribution is -0.128. The third-order valence-corrected chi connectivity index (χ3v) is 4.22. The number of carbonyl (C=O) groups is 2. The number of tetrazole rings is 1. The van der Waals surface area contributed by atoms with Crippen molar-refractivity contribution in [3.63, 3.8) is 0 Å². The summed E-state index contributed by atoms with van der Waals surface area (Å²) in [5.74, 6) is 0.609. The van der Waals surface area contributed by atoms with E-state index in [1.807, 2.05) is 0 Å². The molecule has 1 aliphatic heterocycles. The minimum Gasteiger partial charge on any atom is -0.497 e. The summed E-state index contributed by atoms with van der Waals surface area (Å²) in [5.41, 5.74) is 1.25. The molecule has 10 heteroatoms. The zero-order valence-corrected chi connectivity index (χ0v) is 14.8. The molecule has 1 aromatic heterocycles. The fraction of sp³-hybridized carbons (Fsp3) is 0.438. The Hall–Kier alpha value is -3.17. The topological polar surface area (TPSA) is 105 Å². The molecule has 2 heterocycles. The van der Waals surface area contributed by atoms with Crippen LogP contribution in [0.5, 0.6) is 5.75 Å². The van der Waals surface area contributed by atoms with Gasteiger partial charge in [-0.15, -0.1) is 5.10 Å². The van der Waals surface area contributed by atoms with Crippen LogP contribution in [0.2, 0.25) is 0 Å². The number of ether oxygens (including phenoxy) is 1. The number of carbonyl (C=O) groups excluding carboxylic acids is 2. The van der Waals surface area contributed by atoms with Crippen LogP contribution in [0.1, 0.15) is 13.3 Å². The van der Waals surface area contributed by atoms with E-state index in [2.05, 4.69) is 20.8 Å². The molecule has 3 rings (SSSR count). The first-order valence-electron chi connectivity index (χ1n) is 8.30. The summed E-state index contributed by atoms with van der Waals surface area (Å²) in [4.78, 5) is 27.6. The number of hydrogen-bond acceptors (Lipinski definition) is 6. The summed E-state index contributed by atoms with van der Waals surface area (Å²) < 4.78 is 6.77. The molecule has 0 radical (unpaired) electrons. The maximum absolute atomic E-state index is 12.6. The highest BCUT2D eigenvalue weighted by molar-refractivity contribution is 5.90. The molecule has 0 bridgehead atoms. The number of anilines is 1. The molecule has 26 heavy (non-hydrogen) atoms. The Labute approximate surface area is 150 Å². The molecule has 10 nitrogen and oxygen atoms in total. The van der Waals surface area contributed by atoms with Crippen LogP contribution in [-0.2, 0) is 4.79 Å². The van der Waals surface area contributed by atoms with Gasteiger partial charge in [0, 0.05) is 50.9 Å². The number of benzene rings is 1. The summed E-state index contributed by atoms with van der Waals surface area (Å²) in [5, 5.41) is 14.0. The first-order chi connectivity index (χ1) is 12.6. The average molecular weight is 359 g/mol. The van der Waals surface area contributed by atoms with Crippen LogP contribution in [0.4, 0.5) is 10.5 Å². The molecule has 0 atom stereocenters. The number of hydrogen-bond donors (Lipinski definition) is 1. The maximum Gasteiger partial charge on any atom is 0.321 e. The lowest BCUT2D eigenvalue weighted by Gasteiger charge is -2.22. The maximum atomic E-state index is 12.6. The summed E-state index contributed by atoms with van der Waals surface area (Å²) in [7, 11) is 1.55. The normalized spacial score (nSPS) is 14.7. The first-order valence-corrected chi connectivity index (χ1v) is 8.30. The number of methoxy groups -OCH3 is 1. The second-order valence-electron chi connectivity index (χ2n) is 5.95. The van der Waals surface area contributed by atoms with E-state index in [9.17, 15) is 9.59 Å². The number of aromatic nitrogens is 4. The second-order valence-corrected chi connectivity index (χ2v) is 5.95. The van der Waals surface area contributed by atoms with Crippen LogP contribution in [0.25, 0.3) is 5.69 Å².